The van der Waals surface area contributed by atoms with Gasteiger partial charge < -0.3 is 9.47 Å². The maximum Gasteiger partial charge on any atom is 0.421 e. The molecule has 1 heterocycles. The van der Waals surface area contributed by atoms with Crippen LogP contribution >= 0.6 is 0 Å². The number of imide groups is 1. The van der Waals surface area contributed by atoms with Crippen LogP contribution in [0, 0.1) is 11.8 Å². The third-order valence-corrected chi connectivity index (χ3v) is 4.70. The molecule has 6 heteroatoms. The monoisotopic (exact) mass is 329 g/mol. The van der Waals surface area contributed by atoms with Gasteiger partial charge in [0.2, 0.25) is 5.91 Å². The molecule has 1 aliphatic heterocycles. The first-order valence-electron chi connectivity index (χ1n) is 7.96. The van der Waals surface area contributed by atoms with Gasteiger partial charge in [-0.05, 0) is 18.4 Å². The van der Waals surface area contributed by atoms with Crippen molar-refractivity contribution in [3.05, 3.63) is 48.7 Å². The Bertz CT molecular complexity index is 657. The minimum atomic E-state index is -0.721. The Morgan fingerprint density at radius 2 is 2.00 bits per heavy atom. The lowest BCUT2D eigenvalue weighted by Crippen LogP contribution is -2.39. The van der Waals surface area contributed by atoms with Crippen molar-refractivity contribution < 1.29 is 23.9 Å². The summed E-state index contributed by atoms with van der Waals surface area (Å²) in [5.41, 5.74) is 0.916. The Labute approximate surface area is 140 Å². The largest absolute Gasteiger partial charge is 0.461 e. The summed E-state index contributed by atoms with van der Waals surface area (Å²) in [5, 5.41) is 0. The number of carbonyl (C=O) groups is 3. The zero-order chi connectivity index (χ0) is 17.1. The van der Waals surface area contributed by atoms with Crippen LogP contribution in [-0.4, -0.2) is 28.9 Å². The molecule has 1 aliphatic carbocycles. The molecule has 0 bridgehead atoms. The first-order chi connectivity index (χ1) is 11.6. The highest BCUT2D eigenvalue weighted by atomic mass is 16.5. The summed E-state index contributed by atoms with van der Waals surface area (Å²) >= 11 is 0. The van der Waals surface area contributed by atoms with Gasteiger partial charge in [0.05, 0.1) is 12.2 Å². The number of rotatable bonds is 4. The SMILES string of the molecule is C=COC(=O)N1C(=O)C[C@H]2C(C(=O)OCc3ccccc3)CC[C@@H]21. The summed E-state index contributed by atoms with van der Waals surface area (Å²) in [4.78, 5) is 37.5. The van der Waals surface area contributed by atoms with Crippen molar-refractivity contribution in [2.75, 3.05) is 0 Å². The van der Waals surface area contributed by atoms with E-state index in [4.69, 9.17) is 9.47 Å². The molecule has 1 aromatic carbocycles. The number of ether oxygens (including phenoxy) is 2. The normalized spacial score (nSPS) is 25.2. The van der Waals surface area contributed by atoms with Gasteiger partial charge in [0.25, 0.3) is 0 Å². The lowest BCUT2D eigenvalue weighted by atomic mass is 9.93. The number of amides is 2. The predicted molar refractivity (Wildman–Crippen MR) is 84.4 cm³/mol. The molecule has 0 radical (unpaired) electrons. The van der Waals surface area contributed by atoms with Crippen molar-refractivity contribution in [3.8, 4) is 0 Å². The molecular weight excluding hydrogens is 310 g/mol. The van der Waals surface area contributed by atoms with E-state index in [1.165, 1.54) is 0 Å². The van der Waals surface area contributed by atoms with Crippen LogP contribution in [0.4, 0.5) is 4.79 Å². The Kier molecular flexibility index (Phi) is 4.64. The maximum atomic E-state index is 12.4. The van der Waals surface area contributed by atoms with Crippen LogP contribution in [0.15, 0.2) is 43.2 Å². The Morgan fingerprint density at radius 3 is 2.71 bits per heavy atom. The number of carbonyl (C=O) groups excluding carboxylic acids is 3. The summed E-state index contributed by atoms with van der Waals surface area (Å²) in [6.45, 7) is 3.54. The third kappa shape index (κ3) is 3.04. The second-order valence-electron chi connectivity index (χ2n) is 6.03. The average Bonchev–Trinajstić information content (AvgIpc) is 3.11. The van der Waals surface area contributed by atoms with Crippen molar-refractivity contribution in [2.24, 2.45) is 11.8 Å². The van der Waals surface area contributed by atoms with Crippen LogP contribution < -0.4 is 0 Å². The third-order valence-electron chi connectivity index (χ3n) is 4.70. The minimum Gasteiger partial charge on any atom is -0.461 e. The van der Waals surface area contributed by atoms with Crippen molar-refractivity contribution in [1.29, 1.82) is 0 Å². The molecule has 3 atom stereocenters. The molecule has 2 aliphatic rings. The molecule has 1 aromatic rings. The first kappa shape index (κ1) is 16.2. The number of fused-ring (bicyclic) bond motifs is 1. The van der Waals surface area contributed by atoms with Crippen molar-refractivity contribution in [2.45, 2.75) is 31.9 Å². The molecule has 3 rings (SSSR count). The van der Waals surface area contributed by atoms with E-state index in [0.717, 1.165) is 16.7 Å². The fourth-order valence-corrected chi connectivity index (χ4v) is 3.62. The van der Waals surface area contributed by atoms with E-state index >= 15 is 0 Å². The molecule has 0 N–H and O–H groups in total. The molecular formula is C18H19NO5. The van der Waals surface area contributed by atoms with Crippen molar-refractivity contribution in [3.63, 3.8) is 0 Å². The van der Waals surface area contributed by atoms with Crippen LogP contribution in [0.3, 0.4) is 0 Å². The first-order valence-corrected chi connectivity index (χ1v) is 7.96. The molecule has 1 saturated carbocycles. The zero-order valence-corrected chi connectivity index (χ0v) is 13.2. The summed E-state index contributed by atoms with van der Waals surface area (Å²) in [6.07, 6.45) is 1.65. The fraction of sp³-hybridized carbons (Fsp3) is 0.389. The molecule has 24 heavy (non-hydrogen) atoms. The Balaban J connectivity index is 1.63. The highest BCUT2D eigenvalue weighted by Crippen LogP contribution is 2.43. The predicted octanol–water partition coefficient (Wildman–Crippen LogP) is 2.64. The molecule has 2 fully saturated rings. The van der Waals surface area contributed by atoms with Crippen LogP contribution in [0.1, 0.15) is 24.8 Å². The lowest BCUT2D eigenvalue weighted by Gasteiger charge is -2.20. The number of likely N-dealkylation sites (tertiary alicyclic amines) is 1. The highest BCUT2D eigenvalue weighted by molar-refractivity contribution is 5.95. The number of nitrogens with zero attached hydrogens (tertiary/aromatic N) is 1. The van der Waals surface area contributed by atoms with Gasteiger partial charge in [0.1, 0.15) is 6.61 Å². The number of hydrogen-bond donors (Lipinski definition) is 0. The number of hydrogen-bond acceptors (Lipinski definition) is 5. The van der Waals surface area contributed by atoms with Crippen LogP contribution in [0.5, 0.6) is 0 Å². The number of esters is 1. The van der Waals surface area contributed by atoms with Crippen LogP contribution in [0.25, 0.3) is 0 Å². The van der Waals surface area contributed by atoms with Crippen molar-refractivity contribution >= 4 is 18.0 Å². The van der Waals surface area contributed by atoms with Gasteiger partial charge in [-0.1, -0.05) is 36.9 Å². The van der Waals surface area contributed by atoms with Gasteiger partial charge in [0.15, 0.2) is 0 Å². The Morgan fingerprint density at radius 1 is 1.25 bits per heavy atom. The molecule has 0 aromatic heterocycles. The van der Waals surface area contributed by atoms with E-state index in [1.54, 1.807) is 0 Å². The van der Waals surface area contributed by atoms with Crippen molar-refractivity contribution in [1.82, 2.24) is 4.90 Å². The molecule has 1 saturated heterocycles. The minimum absolute atomic E-state index is 0.169. The van der Waals surface area contributed by atoms with E-state index < -0.39 is 6.09 Å². The maximum absolute atomic E-state index is 12.4. The second kappa shape index (κ2) is 6.86. The van der Waals surface area contributed by atoms with E-state index in [9.17, 15) is 14.4 Å². The lowest BCUT2D eigenvalue weighted by molar-refractivity contribution is -0.151. The van der Waals surface area contributed by atoms with E-state index in [1.807, 2.05) is 30.3 Å². The van der Waals surface area contributed by atoms with Gasteiger partial charge in [-0.15, -0.1) is 0 Å². The van der Waals surface area contributed by atoms with Crippen LogP contribution in [-0.2, 0) is 25.7 Å². The topological polar surface area (TPSA) is 72.9 Å². The van der Waals surface area contributed by atoms with Gasteiger partial charge in [-0.2, -0.15) is 0 Å². The van der Waals surface area contributed by atoms with E-state index in [0.29, 0.717) is 12.8 Å². The summed E-state index contributed by atoms with van der Waals surface area (Å²) in [7, 11) is 0. The molecule has 2 amide bonds. The molecule has 1 unspecified atom stereocenters. The fourth-order valence-electron chi connectivity index (χ4n) is 3.62. The zero-order valence-electron chi connectivity index (χ0n) is 13.2. The second-order valence-corrected chi connectivity index (χ2v) is 6.03. The molecule has 126 valence electrons. The van der Waals surface area contributed by atoms with E-state index in [2.05, 4.69) is 6.58 Å². The summed E-state index contributed by atoms with van der Waals surface area (Å²) in [5.74, 6) is -1.17. The smallest absolute Gasteiger partial charge is 0.421 e. The number of benzene rings is 1. The summed E-state index contributed by atoms with van der Waals surface area (Å²) < 4.78 is 10.1. The highest BCUT2D eigenvalue weighted by Gasteiger charge is 2.53. The van der Waals surface area contributed by atoms with E-state index in [-0.39, 0.29) is 42.8 Å². The quantitative estimate of drug-likeness (QED) is 0.627. The van der Waals surface area contributed by atoms with Gasteiger partial charge >= 0.3 is 12.1 Å². The molecule has 6 nitrogen and oxygen atoms in total. The van der Waals surface area contributed by atoms with Gasteiger partial charge in [-0.25, -0.2) is 9.69 Å². The molecule has 0 spiro atoms. The summed E-state index contributed by atoms with van der Waals surface area (Å²) in [6, 6.07) is 9.14. The Hall–Kier alpha value is -2.63. The average molecular weight is 329 g/mol. The standard InChI is InChI=1S/C18H19NO5/c1-2-23-18(22)19-15-9-8-13(14(15)10-16(19)20)17(21)24-11-12-6-4-3-5-7-12/h2-7,13-15H,1,8-11H2/t13?,14-,15-/m0/s1. The van der Waals surface area contributed by atoms with Crippen LogP contribution in [0.2, 0.25) is 0 Å². The van der Waals surface area contributed by atoms with Gasteiger partial charge in [-0.3, -0.25) is 9.59 Å². The van der Waals surface area contributed by atoms with Gasteiger partial charge in [0, 0.05) is 18.4 Å².